The van der Waals surface area contributed by atoms with E-state index in [2.05, 4.69) is 24.1 Å². The zero-order chi connectivity index (χ0) is 20.7. The molecule has 1 heterocycles. The highest BCUT2D eigenvalue weighted by Gasteiger charge is 2.30. The minimum atomic E-state index is -3.46. The number of piperazine rings is 1. The number of thiocarbonyl (C=S) groups is 1. The molecule has 0 unspecified atom stereocenters. The molecular formula is C21H35N3O2S2. The summed E-state index contributed by atoms with van der Waals surface area (Å²) in [5.41, 5.74) is 1.87. The van der Waals surface area contributed by atoms with Gasteiger partial charge in [0.15, 0.2) is 5.11 Å². The molecule has 0 saturated carbocycles. The van der Waals surface area contributed by atoms with Crippen LogP contribution in [0.3, 0.4) is 0 Å². The van der Waals surface area contributed by atoms with Crippen LogP contribution in [-0.4, -0.2) is 55.5 Å². The number of benzene rings is 1. The predicted octanol–water partition coefficient (Wildman–Crippen LogP) is 3.70. The molecule has 0 aliphatic carbocycles. The van der Waals surface area contributed by atoms with Gasteiger partial charge in [0.25, 0.3) is 0 Å². The van der Waals surface area contributed by atoms with Gasteiger partial charge in [-0.2, -0.15) is 4.31 Å². The molecule has 0 spiro atoms. The quantitative estimate of drug-likeness (QED) is 0.644. The Kier molecular flexibility index (Phi) is 8.71. The van der Waals surface area contributed by atoms with Crippen molar-refractivity contribution in [2.24, 2.45) is 5.92 Å². The van der Waals surface area contributed by atoms with E-state index < -0.39 is 10.0 Å². The third-order valence-corrected chi connectivity index (χ3v) is 8.02. The second-order valence-corrected chi connectivity index (χ2v) is 10.1. The first-order valence-electron chi connectivity index (χ1n) is 10.4. The van der Waals surface area contributed by atoms with Crippen molar-refractivity contribution in [3.05, 3.63) is 29.3 Å². The van der Waals surface area contributed by atoms with Crippen molar-refractivity contribution in [1.82, 2.24) is 14.5 Å². The first-order valence-corrected chi connectivity index (χ1v) is 12.2. The molecular weight excluding hydrogens is 390 g/mol. The van der Waals surface area contributed by atoms with Crippen LogP contribution in [0.15, 0.2) is 23.1 Å². The molecule has 1 saturated heterocycles. The monoisotopic (exact) mass is 425 g/mol. The number of nitrogens with zero attached hydrogens (tertiary/aromatic N) is 2. The van der Waals surface area contributed by atoms with E-state index in [-0.39, 0.29) is 0 Å². The van der Waals surface area contributed by atoms with Gasteiger partial charge in [-0.3, -0.25) is 0 Å². The van der Waals surface area contributed by atoms with Crippen molar-refractivity contribution in [3.63, 3.8) is 0 Å². The minimum Gasteiger partial charge on any atom is -0.362 e. The lowest BCUT2D eigenvalue weighted by Gasteiger charge is -2.36. The lowest BCUT2D eigenvalue weighted by Crippen LogP contribution is -2.53. The van der Waals surface area contributed by atoms with Gasteiger partial charge in [0, 0.05) is 32.7 Å². The summed E-state index contributed by atoms with van der Waals surface area (Å²) in [7, 11) is -3.46. The number of sulfonamides is 1. The van der Waals surface area contributed by atoms with Gasteiger partial charge in [-0.15, -0.1) is 0 Å². The fourth-order valence-electron chi connectivity index (χ4n) is 3.65. The molecule has 1 atom stereocenters. The number of hydrogen-bond acceptors (Lipinski definition) is 3. The normalized spacial score (nSPS) is 16.8. The fourth-order valence-corrected chi connectivity index (χ4v) is 5.54. The molecule has 1 aliphatic rings. The summed E-state index contributed by atoms with van der Waals surface area (Å²) in [4.78, 5) is 2.50. The smallest absolute Gasteiger partial charge is 0.243 e. The van der Waals surface area contributed by atoms with E-state index in [4.69, 9.17) is 12.2 Å². The summed E-state index contributed by atoms with van der Waals surface area (Å²) >= 11 is 5.56. The summed E-state index contributed by atoms with van der Waals surface area (Å²) in [6, 6.07) is 5.50. The maximum Gasteiger partial charge on any atom is 0.243 e. The van der Waals surface area contributed by atoms with Crippen molar-refractivity contribution >= 4 is 27.4 Å². The topological polar surface area (TPSA) is 52.6 Å². The highest BCUT2D eigenvalue weighted by molar-refractivity contribution is 7.89. The molecule has 7 heteroatoms. The van der Waals surface area contributed by atoms with E-state index >= 15 is 0 Å². The van der Waals surface area contributed by atoms with Crippen LogP contribution in [0.1, 0.15) is 50.7 Å². The van der Waals surface area contributed by atoms with Crippen molar-refractivity contribution < 1.29 is 8.42 Å². The molecule has 1 aromatic carbocycles. The molecule has 1 N–H and O–H groups in total. The summed E-state index contributed by atoms with van der Waals surface area (Å²) < 4.78 is 27.6. The lowest BCUT2D eigenvalue weighted by molar-refractivity contribution is 0.262. The highest BCUT2D eigenvalue weighted by Crippen LogP contribution is 2.22. The van der Waals surface area contributed by atoms with Gasteiger partial charge in [-0.25, -0.2) is 8.42 Å². The first kappa shape index (κ1) is 23.1. The van der Waals surface area contributed by atoms with Gasteiger partial charge in [0.2, 0.25) is 10.0 Å². The second kappa shape index (κ2) is 10.6. The van der Waals surface area contributed by atoms with E-state index in [9.17, 15) is 8.42 Å². The average Bonchev–Trinajstić information content (AvgIpc) is 2.67. The van der Waals surface area contributed by atoms with Gasteiger partial charge in [0.05, 0.1) is 4.90 Å². The number of rotatable bonds is 8. The Morgan fingerprint density at radius 2 is 1.86 bits per heavy atom. The van der Waals surface area contributed by atoms with Crippen molar-refractivity contribution in [1.29, 1.82) is 0 Å². The van der Waals surface area contributed by atoms with Crippen molar-refractivity contribution in [2.75, 3.05) is 32.7 Å². The van der Waals surface area contributed by atoms with E-state index in [1.165, 1.54) is 19.3 Å². The van der Waals surface area contributed by atoms with Gasteiger partial charge >= 0.3 is 0 Å². The summed E-state index contributed by atoms with van der Waals surface area (Å²) in [5, 5.41) is 4.15. The molecule has 0 bridgehead atoms. The van der Waals surface area contributed by atoms with E-state index in [1.54, 1.807) is 10.4 Å². The number of aryl methyl sites for hydroxylation is 2. The molecule has 158 valence electrons. The number of unbranched alkanes of at least 4 members (excludes halogenated alkanes) is 1. The number of nitrogens with one attached hydrogen (secondary N) is 1. The fraction of sp³-hybridized carbons (Fsp3) is 0.667. The lowest BCUT2D eigenvalue weighted by atomic mass is 9.99. The minimum absolute atomic E-state index is 0.411. The summed E-state index contributed by atoms with van der Waals surface area (Å²) in [5.74, 6) is 0.643. The van der Waals surface area contributed by atoms with Crippen LogP contribution in [0.4, 0.5) is 0 Å². The largest absolute Gasteiger partial charge is 0.362 e. The molecule has 5 nitrogen and oxygen atoms in total. The van der Waals surface area contributed by atoms with Crippen LogP contribution in [0.5, 0.6) is 0 Å². The molecule has 0 radical (unpaired) electrons. The zero-order valence-corrected chi connectivity index (χ0v) is 19.3. The Bertz CT molecular complexity index is 757. The summed E-state index contributed by atoms with van der Waals surface area (Å²) in [6.07, 6.45) is 4.85. The third-order valence-electron chi connectivity index (χ3n) is 5.56. The SMILES string of the molecule is CCCC[C@H](CC)CNC(=S)N1CCN(S(=O)(=O)c2ccc(C)cc2C)CC1. The molecule has 1 aromatic rings. The molecule has 0 amide bonds. The van der Waals surface area contributed by atoms with E-state index in [1.807, 2.05) is 26.0 Å². The maximum absolute atomic E-state index is 13.0. The Hall–Kier alpha value is -1.18. The van der Waals surface area contributed by atoms with Gasteiger partial charge in [0.1, 0.15) is 0 Å². The molecule has 28 heavy (non-hydrogen) atoms. The van der Waals surface area contributed by atoms with Crippen LogP contribution < -0.4 is 5.32 Å². The van der Waals surface area contributed by atoms with Gasteiger partial charge < -0.3 is 10.2 Å². The van der Waals surface area contributed by atoms with E-state index in [0.717, 1.165) is 29.2 Å². The molecule has 2 rings (SSSR count). The number of hydrogen-bond donors (Lipinski definition) is 1. The van der Waals surface area contributed by atoms with Crippen LogP contribution in [0, 0.1) is 19.8 Å². The Labute approximate surface area is 176 Å². The molecule has 1 fully saturated rings. The Balaban J connectivity index is 1.90. The maximum atomic E-state index is 13.0. The predicted molar refractivity (Wildman–Crippen MR) is 120 cm³/mol. The van der Waals surface area contributed by atoms with Crippen molar-refractivity contribution in [2.45, 2.75) is 58.3 Å². The third kappa shape index (κ3) is 5.91. The van der Waals surface area contributed by atoms with Gasteiger partial charge in [-0.1, -0.05) is 50.8 Å². The van der Waals surface area contributed by atoms with Crippen molar-refractivity contribution in [3.8, 4) is 0 Å². The highest BCUT2D eigenvalue weighted by atomic mass is 32.2. The molecule has 1 aliphatic heterocycles. The first-order chi connectivity index (χ1) is 13.3. The zero-order valence-electron chi connectivity index (χ0n) is 17.7. The van der Waals surface area contributed by atoms with Crippen LogP contribution in [0.25, 0.3) is 0 Å². The Morgan fingerprint density at radius 3 is 2.43 bits per heavy atom. The van der Waals surface area contributed by atoms with Crippen LogP contribution >= 0.6 is 12.2 Å². The second-order valence-electron chi connectivity index (χ2n) is 7.76. The molecule has 0 aromatic heterocycles. The van der Waals surface area contributed by atoms with E-state index in [0.29, 0.717) is 37.0 Å². The van der Waals surface area contributed by atoms with Crippen LogP contribution in [0.2, 0.25) is 0 Å². The Morgan fingerprint density at radius 1 is 1.18 bits per heavy atom. The van der Waals surface area contributed by atoms with Crippen LogP contribution in [-0.2, 0) is 10.0 Å². The summed E-state index contributed by atoms with van der Waals surface area (Å²) in [6.45, 7) is 11.4. The average molecular weight is 426 g/mol. The van der Waals surface area contributed by atoms with Gasteiger partial charge in [-0.05, 0) is 50.0 Å². The standard InChI is InChI=1S/C21H35N3O2S2/c1-5-7-8-19(6-2)16-22-21(27)23-11-13-24(14-12-23)28(25,26)20-10-9-17(3)15-18(20)4/h9-10,15,19H,5-8,11-14,16H2,1-4H3,(H,22,27)/t19-/m0/s1.